The fourth-order valence-electron chi connectivity index (χ4n) is 3.32. The summed E-state index contributed by atoms with van der Waals surface area (Å²) in [6.45, 7) is 3.33. The summed E-state index contributed by atoms with van der Waals surface area (Å²) in [5.41, 5.74) is 3.86. The number of aliphatic carboxylic acids is 1. The first-order valence-corrected chi connectivity index (χ1v) is 11.6. The molecule has 7 nitrogen and oxygen atoms in total. The second-order valence-electron chi connectivity index (χ2n) is 7.43. The first-order valence-electron chi connectivity index (χ1n) is 10.7. The topological polar surface area (TPSA) is 86.5 Å². The Bertz CT molecular complexity index is 1190. The van der Waals surface area contributed by atoms with Crippen molar-refractivity contribution in [2.75, 3.05) is 6.61 Å². The number of ether oxygens (including phenoxy) is 2. The zero-order valence-electron chi connectivity index (χ0n) is 18.3. The van der Waals surface area contributed by atoms with Gasteiger partial charge in [0.1, 0.15) is 17.4 Å². The van der Waals surface area contributed by atoms with E-state index in [1.165, 1.54) is 0 Å². The molecule has 0 radical (unpaired) electrons. The number of aryl methyl sites for hydroxylation is 1. The SMILES string of the molecule is CCOc1nn(Cc2ccc(OCc3csc(-c4ccccc4)n3)cc2)cc1CCC(=O)O. The predicted molar refractivity (Wildman–Crippen MR) is 127 cm³/mol. The number of carboxylic acids is 1. The number of hydrogen-bond donors (Lipinski definition) is 1. The van der Waals surface area contributed by atoms with Crippen molar-refractivity contribution in [1.29, 1.82) is 0 Å². The van der Waals surface area contributed by atoms with Gasteiger partial charge in [0.05, 0.1) is 18.8 Å². The van der Waals surface area contributed by atoms with Crippen LogP contribution in [0.15, 0.2) is 66.2 Å². The van der Waals surface area contributed by atoms with Crippen molar-refractivity contribution in [3.63, 3.8) is 0 Å². The van der Waals surface area contributed by atoms with Crippen molar-refractivity contribution in [2.24, 2.45) is 0 Å². The van der Waals surface area contributed by atoms with Crippen LogP contribution in [0.1, 0.15) is 30.2 Å². The van der Waals surface area contributed by atoms with E-state index in [-0.39, 0.29) is 6.42 Å². The monoisotopic (exact) mass is 463 g/mol. The van der Waals surface area contributed by atoms with Crippen LogP contribution in [-0.4, -0.2) is 32.4 Å². The van der Waals surface area contributed by atoms with E-state index in [2.05, 4.69) is 10.1 Å². The number of carboxylic acid groups (broad SMARTS) is 1. The van der Waals surface area contributed by atoms with Crippen LogP contribution in [0.3, 0.4) is 0 Å². The van der Waals surface area contributed by atoms with Crippen LogP contribution in [0, 0.1) is 0 Å². The molecule has 0 aliphatic rings. The Morgan fingerprint density at radius 2 is 1.88 bits per heavy atom. The highest BCUT2D eigenvalue weighted by molar-refractivity contribution is 7.13. The van der Waals surface area contributed by atoms with Crippen molar-refractivity contribution < 1.29 is 19.4 Å². The van der Waals surface area contributed by atoms with Gasteiger partial charge in [-0.05, 0) is 31.0 Å². The average Bonchev–Trinajstić information content (AvgIpc) is 3.45. The molecule has 0 atom stereocenters. The Morgan fingerprint density at radius 3 is 2.61 bits per heavy atom. The highest BCUT2D eigenvalue weighted by Gasteiger charge is 2.12. The van der Waals surface area contributed by atoms with Crippen molar-refractivity contribution in [1.82, 2.24) is 14.8 Å². The molecule has 4 rings (SSSR count). The first-order chi connectivity index (χ1) is 16.1. The Labute approximate surface area is 196 Å². The summed E-state index contributed by atoms with van der Waals surface area (Å²) < 4.78 is 13.2. The lowest BCUT2D eigenvalue weighted by molar-refractivity contribution is -0.136. The predicted octanol–water partition coefficient (Wildman–Crippen LogP) is 5.05. The van der Waals surface area contributed by atoms with Gasteiger partial charge in [-0.15, -0.1) is 16.4 Å². The van der Waals surface area contributed by atoms with Crippen molar-refractivity contribution in [3.8, 4) is 22.2 Å². The lowest BCUT2D eigenvalue weighted by Crippen LogP contribution is -2.01. The lowest BCUT2D eigenvalue weighted by atomic mass is 10.2. The smallest absolute Gasteiger partial charge is 0.303 e. The van der Waals surface area contributed by atoms with Crippen molar-refractivity contribution in [3.05, 3.63) is 83.0 Å². The van der Waals surface area contributed by atoms with Gasteiger partial charge >= 0.3 is 5.97 Å². The van der Waals surface area contributed by atoms with E-state index in [1.807, 2.05) is 73.1 Å². The fourth-order valence-corrected chi connectivity index (χ4v) is 4.13. The van der Waals surface area contributed by atoms with Gasteiger partial charge in [-0.3, -0.25) is 9.48 Å². The number of rotatable bonds is 11. The molecule has 0 saturated carbocycles. The standard InChI is InChI=1S/C25H25N3O4S/c1-2-31-24-20(10-13-23(29)30)15-28(27-24)14-18-8-11-22(12-9-18)32-16-21-17-33-25(26-21)19-6-4-3-5-7-19/h3-9,11-12,15,17H,2,10,13-14,16H2,1H3,(H,29,30). The van der Waals surface area contributed by atoms with Gasteiger partial charge in [-0.2, -0.15) is 0 Å². The molecule has 0 aliphatic carbocycles. The van der Waals surface area contributed by atoms with Gasteiger partial charge in [0, 0.05) is 29.1 Å². The van der Waals surface area contributed by atoms with Gasteiger partial charge in [-0.25, -0.2) is 4.98 Å². The number of nitrogens with zero attached hydrogens (tertiary/aromatic N) is 3. The number of hydrogen-bond acceptors (Lipinski definition) is 6. The van der Waals surface area contributed by atoms with Gasteiger partial charge in [-0.1, -0.05) is 42.5 Å². The third-order valence-electron chi connectivity index (χ3n) is 4.92. The van der Waals surface area contributed by atoms with E-state index >= 15 is 0 Å². The summed E-state index contributed by atoms with van der Waals surface area (Å²) in [6.07, 6.45) is 2.29. The number of aromatic nitrogens is 3. The quantitative estimate of drug-likeness (QED) is 0.335. The molecule has 0 unspecified atom stereocenters. The maximum Gasteiger partial charge on any atom is 0.303 e. The third-order valence-corrected chi connectivity index (χ3v) is 5.86. The number of benzene rings is 2. The summed E-state index contributed by atoms with van der Waals surface area (Å²) in [6, 6.07) is 17.9. The van der Waals surface area contributed by atoms with E-state index in [0.29, 0.717) is 32.1 Å². The average molecular weight is 464 g/mol. The molecule has 1 N–H and O–H groups in total. The van der Waals surface area contributed by atoms with E-state index in [0.717, 1.165) is 33.1 Å². The van der Waals surface area contributed by atoms with Gasteiger partial charge < -0.3 is 14.6 Å². The molecule has 170 valence electrons. The second-order valence-corrected chi connectivity index (χ2v) is 8.28. The molecular formula is C25H25N3O4S. The van der Waals surface area contributed by atoms with E-state index < -0.39 is 5.97 Å². The molecule has 2 heterocycles. The molecular weight excluding hydrogens is 438 g/mol. The first kappa shape index (κ1) is 22.5. The Kier molecular flexibility index (Phi) is 7.36. The summed E-state index contributed by atoms with van der Waals surface area (Å²) in [5, 5.41) is 16.4. The maximum absolute atomic E-state index is 10.9. The molecule has 0 fully saturated rings. The summed E-state index contributed by atoms with van der Waals surface area (Å²) in [4.78, 5) is 15.6. The third kappa shape index (κ3) is 6.20. The molecule has 0 amide bonds. The molecule has 0 saturated heterocycles. The summed E-state index contributed by atoms with van der Waals surface area (Å²) >= 11 is 1.61. The fraction of sp³-hybridized carbons (Fsp3) is 0.240. The molecule has 33 heavy (non-hydrogen) atoms. The lowest BCUT2D eigenvalue weighted by Gasteiger charge is -2.06. The molecule has 8 heteroatoms. The number of carbonyl (C=O) groups is 1. The van der Waals surface area contributed by atoms with Crippen molar-refractivity contribution in [2.45, 2.75) is 32.9 Å². The Hall–Kier alpha value is -3.65. The largest absolute Gasteiger partial charge is 0.487 e. The van der Waals surface area contributed by atoms with E-state index in [9.17, 15) is 4.79 Å². The Balaban J connectivity index is 1.34. The second kappa shape index (κ2) is 10.8. The maximum atomic E-state index is 10.9. The van der Waals surface area contributed by atoms with Gasteiger partial charge in [0.25, 0.3) is 0 Å². The van der Waals surface area contributed by atoms with Crippen LogP contribution in [-0.2, 0) is 24.4 Å². The van der Waals surface area contributed by atoms with Crippen LogP contribution < -0.4 is 9.47 Å². The number of thiazole rings is 1. The van der Waals surface area contributed by atoms with Crippen LogP contribution in [0.2, 0.25) is 0 Å². The minimum atomic E-state index is -0.838. The van der Waals surface area contributed by atoms with E-state index in [4.69, 9.17) is 14.6 Å². The minimum Gasteiger partial charge on any atom is -0.487 e. The highest BCUT2D eigenvalue weighted by Crippen LogP contribution is 2.24. The minimum absolute atomic E-state index is 0.0453. The van der Waals surface area contributed by atoms with Gasteiger partial charge in [0.2, 0.25) is 5.88 Å². The molecule has 2 aromatic carbocycles. The molecule has 2 aromatic heterocycles. The molecule has 4 aromatic rings. The zero-order valence-corrected chi connectivity index (χ0v) is 19.1. The van der Waals surface area contributed by atoms with Crippen LogP contribution in [0.25, 0.3) is 10.6 Å². The zero-order chi connectivity index (χ0) is 23.0. The summed E-state index contributed by atoms with van der Waals surface area (Å²) in [5.74, 6) is 0.428. The van der Waals surface area contributed by atoms with Gasteiger partial charge in [0.15, 0.2) is 0 Å². The highest BCUT2D eigenvalue weighted by atomic mass is 32.1. The normalized spacial score (nSPS) is 10.8. The molecule has 0 bridgehead atoms. The van der Waals surface area contributed by atoms with Crippen LogP contribution >= 0.6 is 11.3 Å². The van der Waals surface area contributed by atoms with Crippen molar-refractivity contribution >= 4 is 17.3 Å². The molecule has 0 spiro atoms. The van der Waals surface area contributed by atoms with E-state index in [1.54, 1.807) is 16.0 Å². The van der Waals surface area contributed by atoms with Crippen LogP contribution in [0.5, 0.6) is 11.6 Å². The Morgan fingerprint density at radius 1 is 1.09 bits per heavy atom. The van der Waals surface area contributed by atoms with Crippen LogP contribution in [0.4, 0.5) is 0 Å². The summed E-state index contributed by atoms with van der Waals surface area (Å²) in [7, 11) is 0. The molecule has 0 aliphatic heterocycles.